The van der Waals surface area contributed by atoms with Crippen LogP contribution in [0.25, 0.3) is 0 Å². The Balaban J connectivity index is 2.36. The molecular formula is C15H26N4. The third-order valence-corrected chi connectivity index (χ3v) is 3.95. The number of aryl methyl sites for hydroxylation is 1. The lowest BCUT2D eigenvalue weighted by molar-refractivity contribution is 0.445. The van der Waals surface area contributed by atoms with Crippen LogP contribution < -0.4 is 10.2 Å². The van der Waals surface area contributed by atoms with Gasteiger partial charge in [-0.1, -0.05) is 6.92 Å². The molecule has 0 radical (unpaired) electrons. The van der Waals surface area contributed by atoms with E-state index in [0.717, 1.165) is 30.5 Å². The maximum Gasteiger partial charge on any atom is 0.137 e. The molecular weight excluding hydrogens is 236 g/mol. The Hall–Kier alpha value is -1.32. The zero-order valence-corrected chi connectivity index (χ0v) is 12.7. The molecule has 0 amide bonds. The number of hydrogen-bond donors (Lipinski definition) is 1. The van der Waals surface area contributed by atoms with E-state index in [2.05, 4.69) is 36.0 Å². The number of rotatable bonds is 4. The van der Waals surface area contributed by atoms with Crippen LogP contribution in [0.3, 0.4) is 0 Å². The number of hydrogen-bond acceptors (Lipinski definition) is 4. The van der Waals surface area contributed by atoms with Crippen LogP contribution in [-0.4, -0.2) is 29.1 Å². The van der Waals surface area contributed by atoms with Gasteiger partial charge in [0, 0.05) is 24.7 Å². The van der Waals surface area contributed by atoms with Crippen LogP contribution in [-0.2, 0) is 0 Å². The summed E-state index contributed by atoms with van der Waals surface area (Å²) in [4.78, 5) is 11.7. The van der Waals surface area contributed by atoms with Crippen LogP contribution in [0.1, 0.15) is 50.9 Å². The molecule has 4 nitrogen and oxygen atoms in total. The summed E-state index contributed by atoms with van der Waals surface area (Å²) in [5.74, 6) is 2.98. The van der Waals surface area contributed by atoms with E-state index >= 15 is 0 Å². The quantitative estimate of drug-likeness (QED) is 0.904. The molecule has 1 unspecified atom stereocenters. The van der Waals surface area contributed by atoms with Crippen molar-refractivity contribution < 1.29 is 0 Å². The van der Waals surface area contributed by atoms with Gasteiger partial charge in [0.1, 0.15) is 17.5 Å². The molecule has 106 valence electrons. The lowest BCUT2D eigenvalue weighted by atomic mass is 9.99. The van der Waals surface area contributed by atoms with Gasteiger partial charge < -0.3 is 10.2 Å². The molecule has 2 heterocycles. The zero-order chi connectivity index (χ0) is 13.8. The van der Waals surface area contributed by atoms with Crippen molar-refractivity contribution in [3.05, 3.63) is 11.4 Å². The highest BCUT2D eigenvalue weighted by Crippen LogP contribution is 2.30. The van der Waals surface area contributed by atoms with E-state index in [1.807, 2.05) is 6.92 Å². The molecule has 1 aromatic rings. The molecule has 2 rings (SSSR count). The monoisotopic (exact) mass is 262 g/mol. The van der Waals surface area contributed by atoms with Crippen molar-refractivity contribution >= 4 is 11.6 Å². The van der Waals surface area contributed by atoms with Crippen LogP contribution in [0.4, 0.5) is 11.6 Å². The lowest BCUT2D eigenvalue weighted by Crippen LogP contribution is -2.40. The second-order valence-corrected chi connectivity index (χ2v) is 5.35. The molecule has 1 aliphatic heterocycles. The van der Waals surface area contributed by atoms with Crippen LogP contribution in [0.5, 0.6) is 0 Å². The Bertz CT molecular complexity index is 430. The Kier molecular flexibility index (Phi) is 4.61. The van der Waals surface area contributed by atoms with Crippen molar-refractivity contribution in [3.8, 4) is 0 Å². The first-order valence-electron chi connectivity index (χ1n) is 7.53. The molecule has 0 aromatic carbocycles. The van der Waals surface area contributed by atoms with Crippen molar-refractivity contribution in [2.45, 2.75) is 59.4 Å². The summed E-state index contributed by atoms with van der Waals surface area (Å²) in [6.07, 6.45) is 5.10. The second-order valence-electron chi connectivity index (χ2n) is 5.35. The highest BCUT2D eigenvalue weighted by Gasteiger charge is 2.24. The first-order chi connectivity index (χ1) is 9.17. The molecule has 1 atom stereocenters. The van der Waals surface area contributed by atoms with Gasteiger partial charge in [-0.05, 0) is 46.5 Å². The highest BCUT2D eigenvalue weighted by molar-refractivity contribution is 5.59. The topological polar surface area (TPSA) is 41.1 Å². The molecule has 0 saturated carbocycles. The van der Waals surface area contributed by atoms with Crippen LogP contribution >= 0.6 is 0 Å². The summed E-state index contributed by atoms with van der Waals surface area (Å²) in [6, 6.07) is 0.635. The Morgan fingerprint density at radius 3 is 2.68 bits per heavy atom. The van der Waals surface area contributed by atoms with Gasteiger partial charge in [0.25, 0.3) is 0 Å². The summed E-state index contributed by atoms with van der Waals surface area (Å²) in [5, 5.41) is 3.35. The van der Waals surface area contributed by atoms with Crippen LogP contribution in [0, 0.1) is 13.8 Å². The minimum absolute atomic E-state index is 0.635. The summed E-state index contributed by atoms with van der Waals surface area (Å²) < 4.78 is 0. The molecule has 4 heteroatoms. The fraction of sp³-hybridized carbons (Fsp3) is 0.733. The van der Waals surface area contributed by atoms with Crippen molar-refractivity contribution in [1.29, 1.82) is 0 Å². The second kappa shape index (κ2) is 6.22. The lowest BCUT2D eigenvalue weighted by Gasteiger charge is -2.37. The third kappa shape index (κ3) is 2.99. The molecule has 1 saturated heterocycles. The van der Waals surface area contributed by atoms with E-state index in [9.17, 15) is 0 Å². The van der Waals surface area contributed by atoms with Crippen molar-refractivity contribution in [2.24, 2.45) is 0 Å². The summed E-state index contributed by atoms with van der Waals surface area (Å²) >= 11 is 0. The molecule has 0 aliphatic carbocycles. The molecule has 1 aromatic heterocycles. The van der Waals surface area contributed by atoms with Gasteiger partial charge in [0.15, 0.2) is 0 Å². The standard InChI is InChI=1S/C15H26N4/c1-5-13-9-7-8-10-19(13)15-11(3)14(16-6-2)17-12(4)18-15/h13H,5-10H2,1-4H3,(H,16,17,18). The molecule has 0 bridgehead atoms. The normalized spacial score (nSPS) is 19.6. The zero-order valence-electron chi connectivity index (χ0n) is 12.7. The number of piperidine rings is 1. The number of nitrogens with one attached hydrogen (secondary N) is 1. The van der Waals surface area contributed by atoms with Gasteiger partial charge in [-0.15, -0.1) is 0 Å². The largest absolute Gasteiger partial charge is 0.370 e. The summed E-state index contributed by atoms with van der Waals surface area (Å²) in [5.41, 5.74) is 1.19. The number of aromatic nitrogens is 2. The smallest absolute Gasteiger partial charge is 0.137 e. The Labute approximate surface area is 116 Å². The Morgan fingerprint density at radius 1 is 1.21 bits per heavy atom. The molecule has 0 spiro atoms. The molecule has 1 N–H and O–H groups in total. The average Bonchev–Trinajstić information content (AvgIpc) is 2.42. The van der Waals surface area contributed by atoms with Crippen molar-refractivity contribution in [2.75, 3.05) is 23.3 Å². The average molecular weight is 262 g/mol. The molecule has 19 heavy (non-hydrogen) atoms. The van der Waals surface area contributed by atoms with Gasteiger partial charge in [0.05, 0.1) is 0 Å². The first-order valence-corrected chi connectivity index (χ1v) is 7.53. The predicted octanol–water partition coefficient (Wildman–Crippen LogP) is 3.29. The van der Waals surface area contributed by atoms with Gasteiger partial charge in [0.2, 0.25) is 0 Å². The summed E-state index contributed by atoms with van der Waals surface area (Å²) in [6.45, 7) is 10.5. The highest BCUT2D eigenvalue weighted by atomic mass is 15.2. The number of anilines is 2. The minimum Gasteiger partial charge on any atom is -0.370 e. The van der Waals surface area contributed by atoms with Gasteiger partial charge in [-0.3, -0.25) is 0 Å². The predicted molar refractivity (Wildman–Crippen MR) is 80.9 cm³/mol. The summed E-state index contributed by atoms with van der Waals surface area (Å²) in [7, 11) is 0. The van der Waals surface area contributed by atoms with E-state index < -0.39 is 0 Å². The van der Waals surface area contributed by atoms with E-state index in [-0.39, 0.29) is 0 Å². The fourth-order valence-corrected chi connectivity index (χ4v) is 2.94. The van der Waals surface area contributed by atoms with Crippen molar-refractivity contribution in [3.63, 3.8) is 0 Å². The minimum atomic E-state index is 0.635. The van der Waals surface area contributed by atoms with E-state index in [1.54, 1.807) is 0 Å². The maximum absolute atomic E-state index is 4.71. The molecule has 1 aliphatic rings. The van der Waals surface area contributed by atoms with E-state index in [0.29, 0.717) is 6.04 Å². The Morgan fingerprint density at radius 2 is 2.00 bits per heavy atom. The van der Waals surface area contributed by atoms with Gasteiger partial charge in [-0.2, -0.15) is 0 Å². The third-order valence-electron chi connectivity index (χ3n) is 3.95. The van der Waals surface area contributed by atoms with Crippen molar-refractivity contribution in [1.82, 2.24) is 9.97 Å². The fourth-order valence-electron chi connectivity index (χ4n) is 2.94. The van der Waals surface area contributed by atoms with E-state index in [4.69, 9.17) is 4.98 Å². The molecule has 1 fully saturated rings. The van der Waals surface area contributed by atoms with Gasteiger partial charge in [-0.25, -0.2) is 9.97 Å². The van der Waals surface area contributed by atoms with Crippen LogP contribution in [0.2, 0.25) is 0 Å². The van der Waals surface area contributed by atoms with Gasteiger partial charge >= 0.3 is 0 Å². The first kappa shape index (κ1) is 14.1. The van der Waals surface area contributed by atoms with E-state index in [1.165, 1.54) is 31.2 Å². The maximum atomic E-state index is 4.71. The van der Waals surface area contributed by atoms with Crippen LogP contribution in [0.15, 0.2) is 0 Å². The SMILES string of the molecule is CCNc1nc(C)nc(N2CCCCC2CC)c1C. The number of nitrogens with zero attached hydrogens (tertiary/aromatic N) is 3.